The second-order valence-corrected chi connectivity index (χ2v) is 6.15. The summed E-state index contributed by atoms with van der Waals surface area (Å²) in [5.41, 5.74) is 11.0. The maximum atomic E-state index is 6.12. The summed E-state index contributed by atoms with van der Waals surface area (Å²) in [6.45, 7) is 8.37. The summed E-state index contributed by atoms with van der Waals surface area (Å²) >= 11 is 1.77. The topological polar surface area (TPSA) is 26.0 Å². The predicted molar refractivity (Wildman–Crippen MR) is 76.4 cm³/mol. The highest BCUT2D eigenvalue weighted by atomic mass is 32.1. The Morgan fingerprint density at radius 1 is 1.12 bits per heavy atom. The van der Waals surface area contributed by atoms with Crippen LogP contribution in [0.3, 0.4) is 0 Å². The number of thiophene rings is 1. The molecule has 1 aromatic heterocycles. The van der Waals surface area contributed by atoms with E-state index in [0.717, 1.165) is 0 Å². The molecule has 90 valence electrons. The van der Waals surface area contributed by atoms with Gasteiger partial charge in [0.15, 0.2) is 0 Å². The van der Waals surface area contributed by atoms with E-state index in [1.54, 1.807) is 11.3 Å². The normalized spacial score (nSPS) is 11.8. The minimum Gasteiger partial charge on any atom is -0.322 e. The molecule has 0 aliphatic heterocycles. The first-order valence-corrected chi connectivity index (χ1v) is 6.71. The van der Waals surface area contributed by atoms with Crippen molar-refractivity contribution in [3.05, 3.63) is 46.3 Å². The van der Waals surface area contributed by atoms with Crippen LogP contribution in [0.4, 0.5) is 0 Å². The second-order valence-electron chi connectivity index (χ2n) is 5.24. The van der Waals surface area contributed by atoms with Gasteiger partial charge in [0, 0.05) is 10.4 Å². The Kier molecular flexibility index (Phi) is 3.11. The van der Waals surface area contributed by atoms with Crippen molar-refractivity contribution in [3.8, 4) is 10.4 Å². The Bertz CT molecular complexity index is 532. The largest absolute Gasteiger partial charge is 0.322 e. The lowest BCUT2D eigenvalue weighted by Gasteiger charge is -2.16. The van der Waals surface area contributed by atoms with Crippen molar-refractivity contribution >= 4 is 11.3 Å². The molecule has 0 saturated heterocycles. The van der Waals surface area contributed by atoms with Crippen LogP contribution < -0.4 is 5.73 Å². The average Bonchev–Trinajstić information content (AvgIpc) is 2.65. The fourth-order valence-corrected chi connectivity index (χ4v) is 3.08. The van der Waals surface area contributed by atoms with Gasteiger partial charge in [0.2, 0.25) is 0 Å². The quantitative estimate of drug-likeness (QED) is 0.842. The van der Waals surface area contributed by atoms with Gasteiger partial charge in [-0.15, -0.1) is 11.3 Å². The summed E-state index contributed by atoms with van der Waals surface area (Å²) in [4.78, 5) is 1.30. The van der Waals surface area contributed by atoms with Gasteiger partial charge in [0.25, 0.3) is 0 Å². The maximum absolute atomic E-state index is 6.12. The zero-order chi connectivity index (χ0) is 12.6. The molecule has 0 saturated carbocycles. The summed E-state index contributed by atoms with van der Waals surface area (Å²) in [7, 11) is 0. The lowest BCUT2D eigenvalue weighted by Crippen LogP contribution is -2.27. The molecule has 1 heterocycles. The van der Waals surface area contributed by atoms with Crippen LogP contribution in [0.1, 0.15) is 30.5 Å². The molecule has 0 radical (unpaired) electrons. The van der Waals surface area contributed by atoms with Gasteiger partial charge < -0.3 is 5.73 Å². The van der Waals surface area contributed by atoms with Crippen molar-refractivity contribution < 1.29 is 0 Å². The summed E-state index contributed by atoms with van der Waals surface area (Å²) in [5.74, 6) is 0. The Labute approximate surface area is 107 Å². The molecule has 0 unspecified atom stereocenters. The number of hydrogen-bond donors (Lipinski definition) is 1. The van der Waals surface area contributed by atoms with Crippen LogP contribution in [-0.4, -0.2) is 0 Å². The third kappa shape index (κ3) is 2.59. The van der Waals surface area contributed by atoms with E-state index in [9.17, 15) is 0 Å². The molecular weight excluding hydrogens is 226 g/mol. The smallest absolute Gasteiger partial charge is 0.0360 e. The molecule has 2 aromatic rings. The lowest BCUT2D eigenvalue weighted by atomic mass is 9.97. The van der Waals surface area contributed by atoms with Crippen LogP contribution in [0.25, 0.3) is 10.4 Å². The molecule has 0 bridgehead atoms. The van der Waals surface area contributed by atoms with Crippen LogP contribution in [-0.2, 0) is 5.54 Å². The third-order valence-corrected chi connectivity index (χ3v) is 3.95. The highest BCUT2D eigenvalue weighted by Gasteiger charge is 2.16. The van der Waals surface area contributed by atoms with E-state index >= 15 is 0 Å². The number of hydrogen-bond acceptors (Lipinski definition) is 2. The first-order chi connectivity index (χ1) is 7.88. The Morgan fingerprint density at radius 2 is 1.82 bits per heavy atom. The van der Waals surface area contributed by atoms with E-state index in [2.05, 4.69) is 43.5 Å². The molecule has 0 amide bonds. The minimum absolute atomic E-state index is 0.257. The maximum Gasteiger partial charge on any atom is 0.0360 e. The molecule has 2 rings (SSSR count). The third-order valence-electron chi connectivity index (χ3n) is 2.99. The van der Waals surface area contributed by atoms with Gasteiger partial charge in [-0.2, -0.15) is 0 Å². The van der Waals surface area contributed by atoms with E-state index in [0.29, 0.717) is 0 Å². The number of rotatable bonds is 2. The minimum atomic E-state index is -0.257. The van der Waals surface area contributed by atoms with Gasteiger partial charge >= 0.3 is 0 Å². The summed E-state index contributed by atoms with van der Waals surface area (Å²) in [6.07, 6.45) is 0. The second kappa shape index (κ2) is 4.28. The van der Waals surface area contributed by atoms with Crippen LogP contribution in [0, 0.1) is 13.8 Å². The van der Waals surface area contributed by atoms with Crippen LogP contribution in [0.5, 0.6) is 0 Å². The van der Waals surface area contributed by atoms with Gasteiger partial charge in [-0.1, -0.05) is 23.8 Å². The number of nitrogens with two attached hydrogens (primary N) is 1. The zero-order valence-corrected chi connectivity index (χ0v) is 11.7. The van der Waals surface area contributed by atoms with Crippen molar-refractivity contribution in [2.75, 3.05) is 0 Å². The fraction of sp³-hybridized carbons (Fsp3) is 0.333. The monoisotopic (exact) mass is 245 g/mol. The van der Waals surface area contributed by atoms with Gasteiger partial charge in [-0.25, -0.2) is 0 Å². The van der Waals surface area contributed by atoms with Gasteiger partial charge in [-0.05, 0) is 55.8 Å². The van der Waals surface area contributed by atoms with Gasteiger partial charge in [-0.3, -0.25) is 0 Å². The van der Waals surface area contributed by atoms with Crippen LogP contribution >= 0.6 is 11.3 Å². The summed E-state index contributed by atoms with van der Waals surface area (Å²) in [6, 6.07) is 8.80. The van der Waals surface area contributed by atoms with E-state index in [1.807, 2.05) is 13.8 Å². The summed E-state index contributed by atoms with van der Waals surface area (Å²) < 4.78 is 0. The Balaban J connectivity index is 2.44. The Hall–Kier alpha value is -1.12. The van der Waals surface area contributed by atoms with Crippen molar-refractivity contribution in [3.63, 3.8) is 0 Å². The highest BCUT2D eigenvalue weighted by Crippen LogP contribution is 2.33. The zero-order valence-electron chi connectivity index (χ0n) is 10.9. The molecule has 17 heavy (non-hydrogen) atoms. The average molecular weight is 245 g/mol. The summed E-state index contributed by atoms with van der Waals surface area (Å²) in [5, 5.41) is 2.16. The van der Waals surface area contributed by atoms with E-state index < -0.39 is 0 Å². The Morgan fingerprint density at radius 3 is 2.35 bits per heavy atom. The van der Waals surface area contributed by atoms with Crippen molar-refractivity contribution in [2.45, 2.75) is 33.2 Å². The molecule has 2 heteroatoms. The molecule has 1 nitrogen and oxygen atoms in total. The molecule has 0 aliphatic carbocycles. The molecule has 0 atom stereocenters. The number of aryl methyl sites for hydroxylation is 2. The van der Waals surface area contributed by atoms with E-state index in [1.165, 1.54) is 27.1 Å². The molecule has 0 spiro atoms. The molecule has 0 fully saturated rings. The van der Waals surface area contributed by atoms with Crippen molar-refractivity contribution in [1.82, 2.24) is 0 Å². The SMILES string of the molecule is Cc1ccc(-c2cc(C(C)(C)N)cs2)c(C)c1. The van der Waals surface area contributed by atoms with Crippen molar-refractivity contribution in [2.24, 2.45) is 5.73 Å². The lowest BCUT2D eigenvalue weighted by molar-refractivity contribution is 0.557. The van der Waals surface area contributed by atoms with E-state index in [4.69, 9.17) is 5.73 Å². The van der Waals surface area contributed by atoms with Gasteiger partial charge in [0.05, 0.1) is 0 Å². The molecule has 0 aliphatic rings. The van der Waals surface area contributed by atoms with Crippen LogP contribution in [0.2, 0.25) is 0 Å². The first kappa shape index (κ1) is 12.3. The molecular formula is C15H19NS. The molecule has 2 N–H and O–H groups in total. The first-order valence-electron chi connectivity index (χ1n) is 5.83. The fourth-order valence-electron chi connectivity index (χ4n) is 1.91. The van der Waals surface area contributed by atoms with E-state index in [-0.39, 0.29) is 5.54 Å². The molecule has 1 aromatic carbocycles. The van der Waals surface area contributed by atoms with Crippen LogP contribution in [0.15, 0.2) is 29.6 Å². The standard InChI is InChI=1S/C15H19NS/c1-10-5-6-13(11(2)7-10)14-8-12(9-17-14)15(3,4)16/h5-9H,16H2,1-4H3. The van der Waals surface area contributed by atoms with Gasteiger partial charge in [0.1, 0.15) is 0 Å². The number of benzene rings is 1. The highest BCUT2D eigenvalue weighted by molar-refractivity contribution is 7.13. The van der Waals surface area contributed by atoms with Crippen molar-refractivity contribution in [1.29, 1.82) is 0 Å². The predicted octanol–water partition coefficient (Wildman–Crippen LogP) is 4.23.